The lowest BCUT2D eigenvalue weighted by Crippen LogP contribution is -2.70. The summed E-state index contributed by atoms with van der Waals surface area (Å²) in [6, 6.07) is -3.65. The second-order valence-corrected chi connectivity index (χ2v) is 10.3. The van der Waals surface area contributed by atoms with Gasteiger partial charge in [-0.05, 0) is 0 Å². The van der Waals surface area contributed by atoms with Gasteiger partial charge >= 0.3 is 0 Å². The van der Waals surface area contributed by atoms with Crippen molar-refractivity contribution in [2.45, 2.75) is 98.5 Å². The van der Waals surface area contributed by atoms with E-state index in [1.165, 1.54) is 0 Å². The van der Waals surface area contributed by atoms with Crippen LogP contribution in [0.25, 0.3) is 0 Å². The van der Waals surface area contributed by atoms with Crippen LogP contribution in [0, 0.1) is 0 Å². The van der Waals surface area contributed by atoms with Crippen molar-refractivity contribution in [1.29, 1.82) is 0 Å². The van der Waals surface area contributed by atoms with Gasteiger partial charge in [0.15, 0.2) is 18.9 Å². The summed E-state index contributed by atoms with van der Waals surface area (Å²) in [5.74, 6) is 0. The fourth-order valence-corrected chi connectivity index (χ4v) is 5.15. The minimum Gasteiger partial charge on any atom is -0.394 e. The molecule has 15 atom stereocenters. The van der Waals surface area contributed by atoms with Gasteiger partial charge in [0.25, 0.3) is 0 Å². The molecule has 0 bridgehead atoms. The van der Waals surface area contributed by atoms with Gasteiger partial charge in [-0.15, -0.1) is 0 Å². The highest BCUT2D eigenvalue weighted by molar-refractivity contribution is 4.99. The third kappa shape index (κ3) is 7.04. The molecule has 3 saturated heterocycles. The van der Waals surface area contributed by atoms with Crippen molar-refractivity contribution in [3.8, 4) is 0 Å². The summed E-state index contributed by atoms with van der Waals surface area (Å²) in [6.45, 7) is -1.33. The minimum absolute atomic E-state index is 0.250. The van der Waals surface area contributed by atoms with E-state index in [2.05, 4.69) is 10.3 Å². The quantitative estimate of drug-likeness (QED) is 0.113. The molecule has 3 fully saturated rings. The highest BCUT2D eigenvalue weighted by atomic mass is 16.7. The van der Waals surface area contributed by atoms with Crippen LogP contribution in [0.3, 0.4) is 0 Å². The molecule has 18 heteroatoms. The number of hydrogen-bond donors (Lipinski definition) is 11. The number of rotatable bonds is 11. The molecule has 0 aliphatic carbocycles. The zero-order valence-electron chi connectivity index (χ0n) is 22.1. The van der Waals surface area contributed by atoms with Crippen LogP contribution in [-0.4, -0.2) is 169 Å². The van der Waals surface area contributed by atoms with E-state index in [1.807, 2.05) is 0 Å². The summed E-state index contributed by atoms with van der Waals surface area (Å²) >= 11 is 0. The molecular weight excluding hydrogens is 554 g/mol. The third-order valence-corrected chi connectivity index (χ3v) is 7.59. The predicted molar refractivity (Wildman–Crippen MR) is 133 cm³/mol. The molecule has 2 unspecified atom stereocenters. The molecule has 236 valence electrons. The Morgan fingerprint density at radius 2 is 1.37 bits per heavy atom. The Morgan fingerprint density at radius 3 is 2.00 bits per heavy atom. The summed E-state index contributed by atoms with van der Waals surface area (Å²) < 4.78 is 30.4. The summed E-state index contributed by atoms with van der Waals surface area (Å²) in [6.07, 6.45) is -11.8. The molecule has 0 saturated carbocycles. The van der Waals surface area contributed by atoms with Crippen LogP contribution in [0.1, 0.15) is 0 Å². The second-order valence-electron chi connectivity index (χ2n) is 10.3. The lowest BCUT2D eigenvalue weighted by molar-refractivity contribution is -0.350. The van der Waals surface area contributed by atoms with Crippen LogP contribution in [0.4, 0.5) is 0 Å². The maximum absolute atomic E-state index is 11.5. The van der Waals surface area contributed by atoms with Crippen LogP contribution < -0.4 is 16.8 Å². The fraction of sp³-hybridized carbons (Fsp3) is 0.870. The number of aliphatic hydroxyl groups is 8. The van der Waals surface area contributed by atoms with Gasteiger partial charge in [-0.2, -0.15) is 0 Å². The molecule has 4 rings (SSSR count). The molecule has 1 aromatic heterocycles. The first-order chi connectivity index (χ1) is 19.6. The maximum Gasteiger partial charge on any atom is 0.176 e. The highest BCUT2D eigenvalue weighted by Crippen LogP contribution is 2.31. The standard InChI is InChI=1S/C23H41N5O13/c24-12-17(34)19(10(6-30)37-21(12)36)41-23-14(27-2-4-28-3-1-26-8-28)18(35)20(11(7-31)39-23)40-22-13(25)16(33)15(32)9(5-29)38-22/h1,3,8-23,27,29-36H,2,4-7,24-25H2/t9-,10-,11-,12-,13-,14-,15-,16-,17-,18-,19?,20?,21-,22+,23+/m1/s1. The van der Waals surface area contributed by atoms with E-state index in [0.717, 1.165) is 0 Å². The average molecular weight is 596 g/mol. The van der Waals surface area contributed by atoms with Gasteiger partial charge in [0.05, 0.1) is 44.3 Å². The van der Waals surface area contributed by atoms with Crippen LogP contribution in [0.2, 0.25) is 0 Å². The van der Waals surface area contributed by atoms with Crippen LogP contribution in [-0.2, 0) is 30.2 Å². The number of aromatic nitrogens is 2. The fourth-order valence-electron chi connectivity index (χ4n) is 5.15. The second kappa shape index (κ2) is 14.4. The van der Waals surface area contributed by atoms with Crippen molar-refractivity contribution in [2.75, 3.05) is 26.4 Å². The van der Waals surface area contributed by atoms with E-state index >= 15 is 0 Å². The van der Waals surface area contributed by atoms with Gasteiger partial charge in [0.1, 0.15) is 54.9 Å². The van der Waals surface area contributed by atoms with Gasteiger partial charge in [-0.25, -0.2) is 4.98 Å². The Kier molecular flexibility index (Phi) is 11.4. The molecule has 1 aromatic rings. The number of aliphatic hydroxyl groups excluding tert-OH is 8. The van der Waals surface area contributed by atoms with Crippen molar-refractivity contribution in [3.05, 3.63) is 18.7 Å². The van der Waals surface area contributed by atoms with Crippen LogP contribution >= 0.6 is 0 Å². The Balaban J connectivity index is 1.55. The topological polar surface area (TPSA) is 290 Å². The lowest BCUT2D eigenvalue weighted by atomic mass is 9.94. The molecular formula is C23H41N5O13. The minimum atomic E-state index is -1.57. The molecule has 0 spiro atoms. The molecule has 4 heterocycles. The van der Waals surface area contributed by atoms with Gasteiger partial charge in [0.2, 0.25) is 0 Å². The SMILES string of the molecule is N[C@H]1[C@H](OC2[C@@H](CO)O[C@@H](OC3[C@@H](CO)O[C@@H](O)[C@H](N)[C@H]3O)[C@H](NCCn3ccnc3)[C@H]2O)O[C@H](CO)[C@@H](O)[C@@H]1O. The number of nitrogens with zero attached hydrogens (tertiary/aromatic N) is 2. The van der Waals surface area contributed by atoms with Crippen molar-refractivity contribution in [1.82, 2.24) is 14.9 Å². The van der Waals surface area contributed by atoms with E-state index in [-0.39, 0.29) is 6.54 Å². The molecule has 18 nitrogen and oxygen atoms in total. The highest BCUT2D eigenvalue weighted by Gasteiger charge is 2.53. The van der Waals surface area contributed by atoms with Gasteiger partial charge in [-0.3, -0.25) is 0 Å². The molecule has 3 aliphatic rings. The van der Waals surface area contributed by atoms with Crippen molar-refractivity contribution >= 4 is 0 Å². The predicted octanol–water partition coefficient (Wildman–Crippen LogP) is -7.15. The summed E-state index contributed by atoms with van der Waals surface area (Å²) in [7, 11) is 0. The maximum atomic E-state index is 11.5. The van der Waals surface area contributed by atoms with Crippen LogP contribution in [0.5, 0.6) is 0 Å². The van der Waals surface area contributed by atoms with Crippen molar-refractivity contribution in [3.63, 3.8) is 0 Å². The summed E-state index contributed by atoms with van der Waals surface area (Å²) in [5.41, 5.74) is 11.8. The Morgan fingerprint density at radius 1 is 0.756 bits per heavy atom. The summed E-state index contributed by atoms with van der Waals surface area (Å²) in [5, 5.41) is 85.1. The average Bonchev–Trinajstić information content (AvgIpc) is 3.49. The number of hydrogen-bond acceptors (Lipinski definition) is 17. The first kappa shape index (κ1) is 32.5. The number of nitrogens with one attached hydrogen (secondary N) is 1. The number of imidazole rings is 1. The van der Waals surface area contributed by atoms with E-state index in [4.69, 9.17) is 35.2 Å². The van der Waals surface area contributed by atoms with Gasteiger partial charge in [0, 0.05) is 25.5 Å². The van der Waals surface area contributed by atoms with Crippen LogP contribution in [0.15, 0.2) is 18.7 Å². The van der Waals surface area contributed by atoms with Gasteiger partial charge < -0.3 is 85.9 Å². The zero-order valence-corrected chi connectivity index (χ0v) is 22.1. The molecule has 0 radical (unpaired) electrons. The monoisotopic (exact) mass is 595 g/mol. The first-order valence-electron chi connectivity index (χ1n) is 13.3. The number of ether oxygens (including phenoxy) is 5. The van der Waals surface area contributed by atoms with E-state index < -0.39 is 112 Å². The third-order valence-electron chi connectivity index (χ3n) is 7.59. The molecule has 3 aliphatic heterocycles. The number of nitrogens with two attached hydrogens (primary N) is 2. The molecule has 0 aromatic carbocycles. The normalized spacial score (nSPS) is 45.6. The molecule has 13 N–H and O–H groups in total. The summed E-state index contributed by atoms with van der Waals surface area (Å²) in [4.78, 5) is 3.97. The Labute approximate surface area is 235 Å². The van der Waals surface area contributed by atoms with E-state index in [9.17, 15) is 40.9 Å². The van der Waals surface area contributed by atoms with Crippen molar-refractivity contribution in [2.24, 2.45) is 11.5 Å². The lowest BCUT2D eigenvalue weighted by Gasteiger charge is -2.49. The van der Waals surface area contributed by atoms with Crippen molar-refractivity contribution < 1.29 is 64.5 Å². The molecule has 41 heavy (non-hydrogen) atoms. The van der Waals surface area contributed by atoms with E-state index in [0.29, 0.717) is 6.54 Å². The van der Waals surface area contributed by atoms with Gasteiger partial charge in [-0.1, -0.05) is 0 Å². The molecule has 0 amide bonds. The Bertz CT molecular complexity index is 917. The smallest absolute Gasteiger partial charge is 0.176 e. The largest absolute Gasteiger partial charge is 0.394 e. The van der Waals surface area contributed by atoms with E-state index in [1.54, 1.807) is 23.3 Å². The zero-order chi connectivity index (χ0) is 29.8. The Hall–Kier alpha value is -1.43. The first-order valence-corrected chi connectivity index (χ1v) is 13.3.